The van der Waals surface area contributed by atoms with E-state index in [0.29, 0.717) is 12.8 Å². The molecule has 0 spiro atoms. The minimum Gasteiger partial charge on any atom is -0.321 e. The minimum absolute atomic E-state index is 0.0987. The molecule has 0 saturated carbocycles. The van der Waals surface area contributed by atoms with E-state index in [0.717, 1.165) is 16.4 Å². The van der Waals surface area contributed by atoms with E-state index in [1.54, 1.807) is 0 Å². The van der Waals surface area contributed by atoms with Crippen molar-refractivity contribution in [1.29, 1.82) is 0 Å². The van der Waals surface area contributed by atoms with Crippen LogP contribution in [0.15, 0.2) is 47.4 Å². The molecule has 1 aliphatic heterocycles. The molecular formula is C17H16ClF2N3O3S. The largest absolute Gasteiger partial charge is 0.321 e. The number of nitrogens with zero attached hydrogens (tertiary/aromatic N) is 1. The van der Waals surface area contributed by atoms with Crippen LogP contribution in [0.25, 0.3) is 0 Å². The summed E-state index contributed by atoms with van der Waals surface area (Å²) in [5.74, 6) is -1.59. The van der Waals surface area contributed by atoms with E-state index in [9.17, 15) is 22.0 Å². The number of nitrogens with one attached hydrogen (secondary N) is 2. The first-order chi connectivity index (χ1) is 12.8. The maximum atomic E-state index is 13.9. The van der Waals surface area contributed by atoms with Gasteiger partial charge in [0.15, 0.2) is 0 Å². The number of hydrogen-bond donors (Lipinski definition) is 2. The van der Waals surface area contributed by atoms with Gasteiger partial charge in [0.25, 0.3) is 0 Å². The van der Waals surface area contributed by atoms with Crippen molar-refractivity contribution in [3.63, 3.8) is 0 Å². The van der Waals surface area contributed by atoms with Crippen LogP contribution in [0.5, 0.6) is 0 Å². The molecule has 2 aromatic carbocycles. The summed E-state index contributed by atoms with van der Waals surface area (Å²) >= 11 is 5.66. The lowest BCUT2D eigenvalue weighted by Crippen LogP contribution is -2.48. The van der Waals surface area contributed by atoms with Gasteiger partial charge < -0.3 is 10.6 Å². The highest BCUT2D eigenvalue weighted by atomic mass is 35.5. The predicted molar refractivity (Wildman–Crippen MR) is 96.9 cm³/mol. The number of amides is 2. The standard InChI is InChI=1S/C17H16ClF2N3O3S/c18-11-7-8-14(13(20)10-11)21-17(24)22-16-6-3-9-23(16)27(25,26)15-5-2-1-4-12(15)19/h1-2,4-5,7-8,10,16H,3,6,9H2,(H2,21,22,24). The maximum absolute atomic E-state index is 13.9. The third kappa shape index (κ3) is 4.20. The zero-order chi connectivity index (χ0) is 19.6. The molecule has 1 aliphatic rings. The molecule has 2 N–H and O–H groups in total. The number of halogens is 3. The van der Waals surface area contributed by atoms with Crippen molar-refractivity contribution in [2.75, 3.05) is 11.9 Å². The highest BCUT2D eigenvalue weighted by Gasteiger charge is 2.37. The average molecular weight is 416 g/mol. The van der Waals surface area contributed by atoms with E-state index in [4.69, 9.17) is 11.6 Å². The number of carbonyl (C=O) groups is 1. The van der Waals surface area contributed by atoms with Gasteiger partial charge in [0.05, 0.1) is 11.9 Å². The van der Waals surface area contributed by atoms with Crippen molar-refractivity contribution in [2.45, 2.75) is 23.9 Å². The van der Waals surface area contributed by atoms with Crippen LogP contribution in [0.1, 0.15) is 12.8 Å². The molecule has 1 fully saturated rings. The van der Waals surface area contributed by atoms with Crippen LogP contribution in [-0.2, 0) is 10.0 Å². The first-order valence-corrected chi connectivity index (χ1v) is 9.90. The van der Waals surface area contributed by atoms with Crippen LogP contribution in [0, 0.1) is 11.6 Å². The van der Waals surface area contributed by atoms with Gasteiger partial charge >= 0.3 is 6.03 Å². The number of rotatable bonds is 4. The monoisotopic (exact) mass is 415 g/mol. The van der Waals surface area contributed by atoms with Crippen molar-refractivity contribution in [3.05, 3.63) is 59.1 Å². The molecule has 144 valence electrons. The second kappa shape index (κ2) is 7.79. The van der Waals surface area contributed by atoms with E-state index >= 15 is 0 Å². The van der Waals surface area contributed by atoms with Gasteiger partial charge in [0.1, 0.15) is 16.5 Å². The number of anilines is 1. The summed E-state index contributed by atoms with van der Waals surface area (Å²) in [7, 11) is -4.13. The lowest BCUT2D eigenvalue weighted by molar-refractivity contribution is 0.240. The third-order valence-electron chi connectivity index (χ3n) is 4.10. The lowest BCUT2D eigenvalue weighted by atomic mass is 10.3. The Labute approximate surface area is 160 Å². The van der Waals surface area contributed by atoms with Gasteiger partial charge in [-0.3, -0.25) is 0 Å². The molecule has 0 aliphatic carbocycles. The molecule has 0 aromatic heterocycles. The Morgan fingerprint density at radius 3 is 2.59 bits per heavy atom. The molecule has 1 atom stereocenters. The van der Waals surface area contributed by atoms with Crippen LogP contribution in [0.3, 0.4) is 0 Å². The third-order valence-corrected chi connectivity index (χ3v) is 6.28. The highest BCUT2D eigenvalue weighted by molar-refractivity contribution is 7.89. The van der Waals surface area contributed by atoms with E-state index in [1.807, 2.05) is 0 Å². The normalized spacial score (nSPS) is 17.7. The molecule has 2 aromatic rings. The topological polar surface area (TPSA) is 78.5 Å². The molecule has 2 amide bonds. The molecule has 0 bridgehead atoms. The van der Waals surface area contributed by atoms with Gasteiger partial charge in [-0.05, 0) is 43.2 Å². The summed E-state index contributed by atoms with van der Waals surface area (Å²) in [5, 5.41) is 4.97. The van der Waals surface area contributed by atoms with Crippen molar-refractivity contribution in [2.24, 2.45) is 0 Å². The number of sulfonamides is 1. The van der Waals surface area contributed by atoms with E-state index < -0.39 is 38.8 Å². The van der Waals surface area contributed by atoms with Crippen LogP contribution >= 0.6 is 11.6 Å². The highest BCUT2D eigenvalue weighted by Crippen LogP contribution is 2.26. The van der Waals surface area contributed by atoms with E-state index in [1.165, 1.54) is 30.3 Å². The Bertz CT molecular complexity index is 972. The first kappa shape index (κ1) is 19.5. The second-order valence-electron chi connectivity index (χ2n) is 5.93. The summed E-state index contributed by atoms with van der Waals surface area (Å²) in [6, 6.07) is 8.00. The summed E-state index contributed by atoms with van der Waals surface area (Å²) in [5.41, 5.74) is -0.0987. The minimum atomic E-state index is -4.13. The molecule has 10 heteroatoms. The van der Waals surface area contributed by atoms with Crippen molar-refractivity contribution in [3.8, 4) is 0 Å². The smallest absolute Gasteiger partial charge is 0.320 e. The Hall–Kier alpha value is -2.23. The molecule has 6 nitrogen and oxygen atoms in total. The van der Waals surface area contributed by atoms with Gasteiger partial charge in [0.2, 0.25) is 10.0 Å². The van der Waals surface area contributed by atoms with Crippen LogP contribution < -0.4 is 10.6 Å². The Morgan fingerprint density at radius 2 is 1.89 bits per heavy atom. The van der Waals surface area contributed by atoms with Crippen LogP contribution in [0.4, 0.5) is 19.3 Å². The summed E-state index contributed by atoms with van der Waals surface area (Å²) in [6.45, 7) is 0.136. The number of hydrogen-bond acceptors (Lipinski definition) is 3. The number of urea groups is 1. The maximum Gasteiger partial charge on any atom is 0.320 e. The number of benzene rings is 2. The molecular weight excluding hydrogens is 400 g/mol. The van der Waals surface area contributed by atoms with Gasteiger partial charge in [-0.25, -0.2) is 22.0 Å². The molecule has 1 saturated heterocycles. The van der Waals surface area contributed by atoms with Gasteiger partial charge in [-0.1, -0.05) is 23.7 Å². The number of carbonyl (C=O) groups excluding carboxylic acids is 1. The van der Waals surface area contributed by atoms with E-state index in [2.05, 4.69) is 10.6 Å². The summed E-state index contributed by atoms with van der Waals surface area (Å²) in [6.07, 6.45) is -0.0250. The summed E-state index contributed by atoms with van der Waals surface area (Å²) in [4.78, 5) is 11.7. The Morgan fingerprint density at radius 1 is 1.15 bits per heavy atom. The van der Waals surface area contributed by atoms with Crippen molar-refractivity contribution < 1.29 is 22.0 Å². The zero-order valence-electron chi connectivity index (χ0n) is 14.0. The van der Waals surface area contributed by atoms with Crippen LogP contribution in [0.2, 0.25) is 5.02 Å². The Kier molecular flexibility index (Phi) is 5.64. The second-order valence-corrected chi connectivity index (χ2v) is 8.22. The SMILES string of the molecule is O=C(Nc1ccc(Cl)cc1F)NC1CCCN1S(=O)(=O)c1ccccc1F. The van der Waals surface area contributed by atoms with Gasteiger partial charge in [-0.2, -0.15) is 4.31 Å². The van der Waals surface area contributed by atoms with Gasteiger partial charge in [0, 0.05) is 11.6 Å². The molecule has 0 radical (unpaired) electrons. The fourth-order valence-electron chi connectivity index (χ4n) is 2.85. The fourth-order valence-corrected chi connectivity index (χ4v) is 4.69. The van der Waals surface area contributed by atoms with E-state index in [-0.39, 0.29) is 17.3 Å². The fraction of sp³-hybridized carbons (Fsp3) is 0.235. The average Bonchev–Trinajstić information content (AvgIpc) is 3.06. The van der Waals surface area contributed by atoms with Crippen LogP contribution in [-0.4, -0.2) is 31.5 Å². The van der Waals surface area contributed by atoms with Crippen molar-refractivity contribution >= 4 is 33.3 Å². The lowest BCUT2D eigenvalue weighted by Gasteiger charge is -2.25. The summed E-state index contributed by atoms with van der Waals surface area (Å²) < 4.78 is 54.2. The van der Waals surface area contributed by atoms with Gasteiger partial charge in [-0.15, -0.1) is 0 Å². The first-order valence-electron chi connectivity index (χ1n) is 8.08. The molecule has 3 rings (SSSR count). The quantitative estimate of drug-likeness (QED) is 0.801. The Balaban J connectivity index is 1.75. The van der Waals surface area contributed by atoms with Crippen molar-refractivity contribution in [1.82, 2.24) is 9.62 Å². The molecule has 27 heavy (non-hydrogen) atoms. The predicted octanol–water partition coefficient (Wildman–Crippen LogP) is 3.55. The molecule has 1 heterocycles. The zero-order valence-corrected chi connectivity index (χ0v) is 15.5. The molecule has 1 unspecified atom stereocenters.